The van der Waals surface area contributed by atoms with Crippen LogP contribution >= 0.6 is 0 Å². The Kier molecular flexibility index (Phi) is 4.83. The first-order valence-corrected chi connectivity index (χ1v) is 10.5. The largest absolute Gasteiger partial charge is 0.353 e. The van der Waals surface area contributed by atoms with Crippen LogP contribution in [0.2, 0.25) is 0 Å². The zero-order valence-electron chi connectivity index (χ0n) is 16.9. The number of rotatable bonds is 4. The molecule has 2 aliphatic heterocycles. The number of aromatic amines is 1. The van der Waals surface area contributed by atoms with Crippen LogP contribution in [0.3, 0.4) is 0 Å². The second-order valence-electron chi connectivity index (χ2n) is 8.15. The molecule has 7 heteroatoms. The molecule has 152 valence electrons. The van der Waals surface area contributed by atoms with E-state index in [9.17, 15) is 4.39 Å². The highest BCUT2D eigenvalue weighted by Crippen LogP contribution is 2.29. The van der Waals surface area contributed by atoms with Crippen molar-refractivity contribution in [2.75, 3.05) is 49.1 Å². The third-order valence-corrected chi connectivity index (χ3v) is 5.95. The van der Waals surface area contributed by atoms with Gasteiger partial charge in [-0.05, 0) is 43.5 Å². The van der Waals surface area contributed by atoms with Crippen molar-refractivity contribution in [3.8, 4) is 0 Å². The van der Waals surface area contributed by atoms with Gasteiger partial charge in [0.2, 0.25) is 5.95 Å². The molecular weight excluding hydrogens is 367 g/mol. The van der Waals surface area contributed by atoms with E-state index in [0.717, 1.165) is 79.9 Å². The number of H-pyrrole nitrogens is 1. The van der Waals surface area contributed by atoms with Crippen molar-refractivity contribution in [1.82, 2.24) is 19.9 Å². The summed E-state index contributed by atoms with van der Waals surface area (Å²) in [6, 6.07) is 9.06. The van der Waals surface area contributed by atoms with Gasteiger partial charge in [-0.2, -0.15) is 9.97 Å². The van der Waals surface area contributed by atoms with E-state index in [2.05, 4.69) is 32.7 Å². The first kappa shape index (κ1) is 18.4. The molecule has 1 N–H and O–H groups in total. The van der Waals surface area contributed by atoms with Crippen molar-refractivity contribution in [1.29, 1.82) is 0 Å². The zero-order chi connectivity index (χ0) is 19.8. The maximum absolute atomic E-state index is 13.5. The summed E-state index contributed by atoms with van der Waals surface area (Å²) < 4.78 is 13.5. The van der Waals surface area contributed by atoms with Crippen LogP contribution in [0.1, 0.15) is 24.1 Å². The number of hydrogen-bond acceptors (Lipinski definition) is 5. The average Bonchev–Trinajstić information content (AvgIpc) is 3.37. The van der Waals surface area contributed by atoms with Crippen molar-refractivity contribution in [2.45, 2.75) is 26.3 Å². The summed E-state index contributed by atoms with van der Waals surface area (Å²) in [4.78, 5) is 20.2. The summed E-state index contributed by atoms with van der Waals surface area (Å²) in [7, 11) is 0. The van der Waals surface area contributed by atoms with Gasteiger partial charge in [-0.25, -0.2) is 4.39 Å². The molecule has 2 aromatic heterocycles. The summed E-state index contributed by atoms with van der Waals surface area (Å²) in [6.07, 6.45) is 2.42. The van der Waals surface area contributed by atoms with Gasteiger partial charge >= 0.3 is 0 Å². The molecule has 6 nitrogen and oxygen atoms in total. The van der Waals surface area contributed by atoms with Gasteiger partial charge in [0, 0.05) is 51.5 Å². The van der Waals surface area contributed by atoms with Gasteiger partial charge in [-0.3, -0.25) is 4.90 Å². The molecule has 0 spiro atoms. The Hall–Kier alpha value is -2.67. The highest BCUT2D eigenvalue weighted by molar-refractivity contribution is 5.89. The molecule has 5 rings (SSSR count). The van der Waals surface area contributed by atoms with Crippen LogP contribution in [0.4, 0.5) is 16.2 Å². The van der Waals surface area contributed by atoms with E-state index in [-0.39, 0.29) is 5.82 Å². The number of anilines is 2. The van der Waals surface area contributed by atoms with Crippen molar-refractivity contribution in [3.05, 3.63) is 47.4 Å². The van der Waals surface area contributed by atoms with E-state index >= 15 is 0 Å². The molecule has 2 fully saturated rings. The Labute approximate surface area is 170 Å². The SMILES string of the molecule is Cc1cc2c(N3CCN(Cc4cccc(F)c4)CC3)nc(N3CCCC3)nc2[nH]1. The Balaban J connectivity index is 1.35. The second-order valence-corrected chi connectivity index (χ2v) is 8.15. The number of hydrogen-bond donors (Lipinski definition) is 1. The van der Waals surface area contributed by atoms with Crippen molar-refractivity contribution in [3.63, 3.8) is 0 Å². The number of aromatic nitrogens is 3. The van der Waals surface area contributed by atoms with Crippen LogP contribution < -0.4 is 9.80 Å². The molecule has 0 atom stereocenters. The summed E-state index contributed by atoms with van der Waals surface area (Å²) in [5.74, 6) is 1.71. The van der Waals surface area contributed by atoms with E-state index in [4.69, 9.17) is 9.97 Å². The van der Waals surface area contributed by atoms with Crippen molar-refractivity contribution in [2.24, 2.45) is 0 Å². The number of aryl methyl sites for hydroxylation is 1. The third kappa shape index (κ3) is 3.79. The van der Waals surface area contributed by atoms with Crippen LogP contribution in [0, 0.1) is 12.7 Å². The van der Waals surface area contributed by atoms with E-state index in [1.54, 1.807) is 12.1 Å². The Morgan fingerprint density at radius 3 is 2.52 bits per heavy atom. The Bertz CT molecular complexity index is 1000. The molecule has 0 amide bonds. The van der Waals surface area contributed by atoms with Crippen LogP contribution in [-0.2, 0) is 6.54 Å². The number of benzene rings is 1. The molecule has 0 saturated carbocycles. The molecule has 1 aromatic carbocycles. The minimum absolute atomic E-state index is 0.165. The minimum Gasteiger partial charge on any atom is -0.353 e. The molecule has 29 heavy (non-hydrogen) atoms. The van der Waals surface area contributed by atoms with Gasteiger partial charge in [0.25, 0.3) is 0 Å². The molecule has 0 radical (unpaired) electrons. The standard InChI is InChI=1S/C22H27FN6/c1-16-13-19-20(24-16)25-22(29-7-2-3-8-29)26-21(19)28-11-9-27(10-12-28)15-17-5-4-6-18(23)14-17/h4-6,13-14H,2-3,7-12,15H2,1H3,(H,24,25,26). The predicted molar refractivity (Wildman–Crippen MR) is 114 cm³/mol. The maximum Gasteiger partial charge on any atom is 0.229 e. The quantitative estimate of drug-likeness (QED) is 0.736. The van der Waals surface area contributed by atoms with Gasteiger partial charge in [-0.15, -0.1) is 0 Å². The lowest BCUT2D eigenvalue weighted by atomic mass is 10.2. The smallest absolute Gasteiger partial charge is 0.229 e. The summed E-state index contributed by atoms with van der Waals surface area (Å²) in [5, 5.41) is 1.10. The number of piperazine rings is 1. The summed E-state index contributed by atoms with van der Waals surface area (Å²) in [5.41, 5.74) is 3.07. The first-order valence-electron chi connectivity index (χ1n) is 10.5. The van der Waals surface area contributed by atoms with Crippen molar-refractivity contribution >= 4 is 22.8 Å². The lowest BCUT2D eigenvalue weighted by Gasteiger charge is -2.36. The van der Waals surface area contributed by atoms with Gasteiger partial charge in [-0.1, -0.05) is 12.1 Å². The van der Waals surface area contributed by atoms with Gasteiger partial charge < -0.3 is 14.8 Å². The van der Waals surface area contributed by atoms with E-state index in [1.165, 1.54) is 18.9 Å². The molecule has 4 heterocycles. The molecule has 0 unspecified atom stereocenters. The van der Waals surface area contributed by atoms with E-state index < -0.39 is 0 Å². The fourth-order valence-corrected chi connectivity index (χ4v) is 4.42. The molecule has 2 aliphatic rings. The monoisotopic (exact) mass is 394 g/mol. The highest BCUT2D eigenvalue weighted by Gasteiger charge is 2.24. The molecule has 0 aliphatic carbocycles. The summed E-state index contributed by atoms with van der Waals surface area (Å²) in [6.45, 7) is 8.61. The topological polar surface area (TPSA) is 51.3 Å². The molecular formula is C22H27FN6. The fraction of sp³-hybridized carbons (Fsp3) is 0.455. The highest BCUT2D eigenvalue weighted by atomic mass is 19.1. The fourth-order valence-electron chi connectivity index (χ4n) is 4.42. The van der Waals surface area contributed by atoms with E-state index in [0.29, 0.717) is 0 Å². The number of nitrogens with zero attached hydrogens (tertiary/aromatic N) is 5. The normalized spacial score (nSPS) is 18.1. The number of halogens is 1. The minimum atomic E-state index is -0.165. The van der Waals surface area contributed by atoms with Crippen LogP contribution in [0.15, 0.2) is 30.3 Å². The Morgan fingerprint density at radius 2 is 1.76 bits per heavy atom. The lowest BCUT2D eigenvalue weighted by molar-refractivity contribution is 0.249. The molecule has 3 aromatic rings. The van der Waals surface area contributed by atoms with Crippen LogP contribution in [0.25, 0.3) is 11.0 Å². The number of nitrogens with one attached hydrogen (secondary N) is 1. The predicted octanol–water partition coefficient (Wildman–Crippen LogP) is 3.33. The average molecular weight is 394 g/mol. The van der Waals surface area contributed by atoms with E-state index in [1.807, 2.05) is 6.07 Å². The Morgan fingerprint density at radius 1 is 0.966 bits per heavy atom. The van der Waals surface area contributed by atoms with Gasteiger partial charge in [0.05, 0.1) is 5.39 Å². The third-order valence-electron chi connectivity index (χ3n) is 5.95. The molecule has 2 saturated heterocycles. The van der Waals surface area contributed by atoms with Crippen molar-refractivity contribution < 1.29 is 4.39 Å². The zero-order valence-corrected chi connectivity index (χ0v) is 16.9. The first-order chi connectivity index (χ1) is 14.2. The molecule has 0 bridgehead atoms. The summed E-state index contributed by atoms with van der Waals surface area (Å²) >= 11 is 0. The van der Waals surface area contributed by atoms with Gasteiger partial charge in [0.15, 0.2) is 0 Å². The van der Waals surface area contributed by atoms with Crippen LogP contribution in [-0.4, -0.2) is 59.1 Å². The maximum atomic E-state index is 13.5. The van der Waals surface area contributed by atoms with Gasteiger partial charge in [0.1, 0.15) is 17.3 Å². The second kappa shape index (κ2) is 7.63. The lowest BCUT2D eigenvalue weighted by Crippen LogP contribution is -2.46. The van der Waals surface area contributed by atoms with Crippen LogP contribution in [0.5, 0.6) is 0 Å². The number of fused-ring (bicyclic) bond motifs is 1.